The first-order chi connectivity index (χ1) is 11.4. The van der Waals surface area contributed by atoms with Gasteiger partial charge in [-0.05, 0) is 35.7 Å². The molecule has 0 unspecified atom stereocenters. The normalized spacial score (nSPS) is 10.6. The molecule has 0 radical (unpaired) electrons. The van der Waals surface area contributed by atoms with Gasteiger partial charge in [-0.15, -0.1) is 22.7 Å². The Morgan fingerprint density at radius 2 is 1.83 bits per heavy atom. The summed E-state index contributed by atoms with van der Waals surface area (Å²) < 4.78 is 0. The molecule has 0 saturated carbocycles. The highest BCUT2D eigenvalue weighted by Gasteiger charge is 2.05. The number of pyridine rings is 2. The Morgan fingerprint density at radius 3 is 2.57 bits per heavy atom. The van der Waals surface area contributed by atoms with E-state index in [4.69, 9.17) is 0 Å². The number of hydrogen-bond acceptors (Lipinski definition) is 6. The lowest BCUT2D eigenvalue weighted by molar-refractivity contribution is 1.24. The Bertz CT molecular complexity index is 885. The minimum atomic E-state index is 0.758. The Kier molecular flexibility index (Phi) is 3.83. The van der Waals surface area contributed by atoms with Crippen molar-refractivity contribution in [2.45, 2.75) is 0 Å². The molecule has 0 atom stereocenters. The van der Waals surface area contributed by atoms with Crippen LogP contribution >= 0.6 is 22.7 Å². The molecule has 4 aromatic rings. The first-order valence-electron chi connectivity index (χ1n) is 7.02. The number of nitrogens with zero attached hydrogens (tertiary/aromatic N) is 3. The van der Waals surface area contributed by atoms with E-state index in [9.17, 15) is 0 Å². The van der Waals surface area contributed by atoms with Crippen LogP contribution in [0.2, 0.25) is 0 Å². The van der Waals surface area contributed by atoms with E-state index in [0.717, 1.165) is 27.9 Å². The Morgan fingerprint density at radius 1 is 0.826 bits per heavy atom. The second-order valence-corrected chi connectivity index (χ2v) is 6.62. The third kappa shape index (κ3) is 3.13. The van der Waals surface area contributed by atoms with Gasteiger partial charge in [0, 0.05) is 28.2 Å². The van der Waals surface area contributed by atoms with Gasteiger partial charge in [-0.25, -0.2) is 15.0 Å². The molecule has 4 nitrogen and oxygen atoms in total. The van der Waals surface area contributed by atoms with Crippen molar-refractivity contribution in [1.82, 2.24) is 15.0 Å². The van der Waals surface area contributed by atoms with E-state index in [1.54, 1.807) is 28.9 Å². The van der Waals surface area contributed by atoms with Crippen LogP contribution < -0.4 is 5.32 Å². The molecule has 0 spiro atoms. The Balaban J connectivity index is 1.55. The van der Waals surface area contributed by atoms with Crippen LogP contribution in [-0.4, -0.2) is 15.0 Å². The molecule has 0 aliphatic rings. The quantitative estimate of drug-likeness (QED) is 0.565. The molecule has 1 N–H and O–H groups in total. The third-order valence-corrected chi connectivity index (χ3v) is 4.94. The fraction of sp³-hybridized carbons (Fsp3) is 0. The molecule has 0 saturated heterocycles. The standard InChI is InChI=1S/C17H12N4S2/c1-3-13(17-18-8-10-23-17)20-16(5-1)21-15-7-6-12(11-19-15)14-4-2-9-22-14/h1-11H,(H,19,20,21). The minimum absolute atomic E-state index is 0.758. The summed E-state index contributed by atoms with van der Waals surface area (Å²) in [6, 6.07) is 14.0. The molecular weight excluding hydrogens is 324 g/mol. The van der Waals surface area contributed by atoms with Crippen molar-refractivity contribution in [3.05, 3.63) is 65.6 Å². The van der Waals surface area contributed by atoms with Crippen molar-refractivity contribution >= 4 is 34.3 Å². The summed E-state index contributed by atoms with van der Waals surface area (Å²) in [5.41, 5.74) is 1.98. The van der Waals surface area contributed by atoms with Gasteiger partial charge >= 0.3 is 0 Å². The molecule has 0 bridgehead atoms. The van der Waals surface area contributed by atoms with Crippen molar-refractivity contribution < 1.29 is 0 Å². The van der Waals surface area contributed by atoms with Gasteiger partial charge in [0.1, 0.15) is 22.3 Å². The number of thiophene rings is 1. The summed E-state index contributed by atoms with van der Waals surface area (Å²) >= 11 is 3.28. The zero-order chi connectivity index (χ0) is 15.5. The first kappa shape index (κ1) is 14.0. The zero-order valence-corrected chi connectivity index (χ0v) is 13.6. The molecule has 0 fully saturated rings. The first-order valence-corrected chi connectivity index (χ1v) is 8.78. The van der Waals surface area contributed by atoms with E-state index < -0.39 is 0 Å². The number of nitrogens with one attached hydrogen (secondary N) is 1. The molecular formula is C17H12N4S2. The van der Waals surface area contributed by atoms with Gasteiger partial charge in [-0.2, -0.15) is 0 Å². The summed E-state index contributed by atoms with van der Waals surface area (Å²) in [5, 5.41) is 8.16. The second kappa shape index (κ2) is 6.28. The molecule has 4 heterocycles. The summed E-state index contributed by atoms with van der Waals surface area (Å²) in [6.07, 6.45) is 3.66. The van der Waals surface area contributed by atoms with Crippen molar-refractivity contribution in [2.24, 2.45) is 0 Å². The summed E-state index contributed by atoms with van der Waals surface area (Å²) in [4.78, 5) is 14.6. The van der Waals surface area contributed by atoms with Crippen LogP contribution in [0.4, 0.5) is 11.6 Å². The lowest BCUT2D eigenvalue weighted by Crippen LogP contribution is -1.96. The SMILES string of the molecule is c1cc(Nc2ccc(-c3cccs3)cn2)nc(-c2nccs2)c1. The fourth-order valence-electron chi connectivity index (χ4n) is 2.16. The monoisotopic (exact) mass is 336 g/mol. The largest absolute Gasteiger partial charge is 0.325 e. The van der Waals surface area contributed by atoms with Crippen LogP contribution in [0.1, 0.15) is 0 Å². The average Bonchev–Trinajstić information content (AvgIpc) is 3.30. The van der Waals surface area contributed by atoms with Crippen molar-refractivity contribution in [3.8, 4) is 21.1 Å². The molecule has 6 heteroatoms. The van der Waals surface area contributed by atoms with Crippen LogP contribution in [0.15, 0.2) is 65.6 Å². The van der Waals surface area contributed by atoms with Crippen molar-refractivity contribution in [2.75, 3.05) is 5.32 Å². The lowest BCUT2D eigenvalue weighted by Gasteiger charge is -2.06. The third-order valence-electron chi connectivity index (χ3n) is 3.23. The maximum Gasteiger partial charge on any atom is 0.141 e. The second-order valence-electron chi connectivity index (χ2n) is 4.78. The Labute approximate surface area is 141 Å². The van der Waals surface area contributed by atoms with Gasteiger partial charge in [-0.3, -0.25) is 0 Å². The molecule has 0 aliphatic carbocycles. The van der Waals surface area contributed by atoms with E-state index >= 15 is 0 Å². The van der Waals surface area contributed by atoms with Gasteiger partial charge in [0.2, 0.25) is 0 Å². The molecule has 4 rings (SSSR count). The van der Waals surface area contributed by atoms with E-state index in [-0.39, 0.29) is 0 Å². The molecule has 112 valence electrons. The highest BCUT2D eigenvalue weighted by atomic mass is 32.1. The zero-order valence-electron chi connectivity index (χ0n) is 12.0. The topological polar surface area (TPSA) is 50.7 Å². The number of rotatable bonds is 4. The molecule has 0 aliphatic heterocycles. The molecule has 4 aromatic heterocycles. The maximum absolute atomic E-state index is 4.58. The van der Waals surface area contributed by atoms with Crippen LogP contribution in [0.5, 0.6) is 0 Å². The number of anilines is 2. The average molecular weight is 336 g/mol. The molecule has 0 aromatic carbocycles. The van der Waals surface area contributed by atoms with Crippen LogP contribution in [0.25, 0.3) is 21.1 Å². The van der Waals surface area contributed by atoms with Crippen LogP contribution in [0, 0.1) is 0 Å². The number of hydrogen-bond donors (Lipinski definition) is 1. The number of aromatic nitrogens is 3. The van der Waals surface area contributed by atoms with Gasteiger partial charge < -0.3 is 5.32 Å². The minimum Gasteiger partial charge on any atom is -0.325 e. The molecule has 23 heavy (non-hydrogen) atoms. The predicted octanol–water partition coefficient (Wildman–Crippen LogP) is 5.07. The van der Waals surface area contributed by atoms with Crippen molar-refractivity contribution in [3.63, 3.8) is 0 Å². The highest BCUT2D eigenvalue weighted by Crippen LogP contribution is 2.26. The van der Waals surface area contributed by atoms with Crippen molar-refractivity contribution in [1.29, 1.82) is 0 Å². The number of thiazole rings is 1. The predicted molar refractivity (Wildman–Crippen MR) is 96.2 cm³/mol. The fourth-order valence-corrected chi connectivity index (χ4v) is 3.49. The lowest BCUT2D eigenvalue weighted by atomic mass is 10.2. The van der Waals surface area contributed by atoms with E-state index in [1.807, 2.05) is 41.9 Å². The van der Waals surface area contributed by atoms with Gasteiger partial charge in [0.15, 0.2) is 0 Å². The maximum atomic E-state index is 4.58. The Hall–Kier alpha value is -2.57. The van der Waals surface area contributed by atoms with Gasteiger partial charge in [0.25, 0.3) is 0 Å². The van der Waals surface area contributed by atoms with Crippen LogP contribution in [0.3, 0.4) is 0 Å². The molecule has 0 amide bonds. The summed E-state index contributed by atoms with van der Waals surface area (Å²) in [5.74, 6) is 1.53. The van der Waals surface area contributed by atoms with Gasteiger partial charge in [0.05, 0.1) is 0 Å². The van der Waals surface area contributed by atoms with E-state index in [2.05, 4.69) is 37.8 Å². The van der Waals surface area contributed by atoms with Crippen LogP contribution in [-0.2, 0) is 0 Å². The van der Waals surface area contributed by atoms with E-state index in [1.165, 1.54) is 4.88 Å². The highest BCUT2D eigenvalue weighted by molar-refractivity contribution is 7.13. The van der Waals surface area contributed by atoms with Gasteiger partial charge in [-0.1, -0.05) is 12.1 Å². The smallest absolute Gasteiger partial charge is 0.141 e. The van der Waals surface area contributed by atoms with E-state index in [0.29, 0.717) is 0 Å². The summed E-state index contributed by atoms with van der Waals surface area (Å²) in [6.45, 7) is 0. The summed E-state index contributed by atoms with van der Waals surface area (Å²) in [7, 11) is 0.